The Morgan fingerprint density at radius 2 is 2.19 bits per heavy atom. The molecule has 1 aliphatic heterocycles. The van der Waals surface area contributed by atoms with Crippen molar-refractivity contribution in [2.75, 3.05) is 18.9 Å². The molecular formula is C16H23N3O2. The second-order valence-electron chi connectivity index (χ2n) is 5.70. The number of hydrogen-bond acceptors (Lipinski definition) is 3. The van der Waals surface area contributed by atoms with Crippen molar-refractivity contribution in [1.29, 1.82) is 0 Å². The van der Waals surface area contributed by atoms with Gasteiger partial charge in [-0.1, -0.05) is 12.1 Å². The van der Waals surface area contributed by atoms with E-state index in [9.17, 15) is 9.59 Å². The van der Waals surface area contributed by atoms with Crippen molar-refractivity contribution in [1.82, 2.24) is 10.2 Å². The van der Waals surface area contributed by atoms with Crippen LogP contribution in [0, 0.1) is 0 Å². The highest BCUT2D eigenvalue weighted by molar-refractivity contribution is 5.88. The number of amides is 2. The number of anilines is 1. The van der Waals surface area contributed by atoms with Gasteiger partial charge < -0.3 is 15.5 Å². The SMILES string of the molecule is CC(=O)Nc1cccc(C(C)NC2CCC(=O)N(C)C2)c1. The maximum atomic E-state index is 11.5. The van der Waals surface area contributed by atoms with E-state index in [0.29, 0.717) is 12.5 Å². The first kappa shape index (κ1) is 15.5. The predicted molar refractivity (Wildman–Crippen MR) is 83.0 cm³/mol. The van der Waals surface area contributed by atoms with Gasteiger partial charge in [-0.3, -0.25) is 9.59 Å². The molecule has 2 N–H and O–H groups in total. The first-order chi connectivity index (χ1) is 9.95. The molecule has 0 radical (unpaired) electrons. The number of carbonyl (C=O) groups is 2. The van der Waals surface area contributed by atoms with Crippen LogP contribution in [-0.4, -0.2) is 36.3 Å². The third-order valence-electron chi connectivity index (χ3n) is 3.82. The highest BCUT2D eigenvalue weighted by atomic mass is 16.2. The summed E-state index contributed by atoms with van der Waals surface area (Å²) in [4.78, 5) is 24.4. The fraction of sp³-hybridized carbons (Fsp3) is 0.500. The van der Waals surface area contributed by atoms with Gasteiger partial charge in [-0.05, 0) is 31.0 Å². The van der Waals surface area contributed by atoms with Gasteiger partial charge in [-0.25, -0.2) is 0 Å². The molecule has 1 heterocycles. The number of carbonyl (C=O) groups excluding carboxylic acids is 2. The lowest BCUT2D eigenvalue weighted by atomic mass is 10.0. The van der Waals surface area contributed by atoms with E-state index in [1.807, 2.05) is 31.3 Å². The molecule has 0 aromatic heterocycles. The van der Waals surface area contributed by atoms with Crippen LogP contribution in [0.1, 0.15) is 38.3 Å². The van der Waals surface area contributed by atoms with Crippen LogP contribution in [0.25, 0.3) is 0 Å². The zero-order valence-corrected chi connectivity index (χ0v) is 12.8. The van der Waals surface area contributed by atoms with E-state index in [2.05, 4.69) is 17.6 Å². The largest absolute Gasteiger partial charge is 0.344 e. The second-order valence-corrected chi connectivity index (χ2v) is 5.70. The Bertz CT molecular complexity index is 530. The zero-order valence-electron chi connectivity index (χ0n) is 12.8. The Balaban J connectivity index is 1.98. The van der Waals surface area contributed by atoms with Crippen LogP contribution in [-0.2, 0) is 9.59 Å². The molecule has 1 saturated heterocycles. The predicted octanol–water partition coefficient (Wildman–Crippen LogP) is 1.92. The average molecular weight is 289 g/mol. The Morgan fingerprint density at radius 1 is 1.43 bits per heavy atom. The molecule has 0 spiro atoms. The number of likely N-dealkylation sites (N-methyl/N-ethyl adjacent to an activating group) is 1. The Kier molecular flexibility index (Phi) is 4.96. The van der Waals surface area contributed by atoms with Crippen molar-refractivity contribution >= 4 is 17.5 Å². The van der Waals surface area contributed by atoms with Crippen LogP contribution in [0.2, 0.25) is 0 Å². The van der Waals surface area contributed by atoms with E-state index < -0.39 is 0 Å². The summed E-state index contributed by atoms with van der Waals surface area (Å²) in [6.07, 6.45) is 1.48. The average Bonchev–Trinajstić information content (AvgIpc) is 2.42. The van der Waals surface area contributed by atoms with Gasteiger partial charge in [0.25, 0.3) is 0 Å². The minimum Gasteiger partial charge on any atom is -0.344 e. The number of likely N-dealkylation sites (tertiary alicyclic amines) is 1. The molecule has 0 saturated carbocycles. The van der Waals surface area contributed by atoms with Crippen LogP contribution in [0.4, 0.5) is 5.69 Å². The van der Waals surface area contributed by atoms with Crippen molar-refractivity contribution in [3.8, 4) is 0 Å². The van der Waals surface area contributed by atoms with Crippen LogP contribution in [0.5, 0.6) is 0 Å². The highest BCUT2D eigenvalue weighted by Gasteiger charge is 2.24. The molecule has 1 fully saturated rings. The molecular weight excluding hydrogens is 266 g/mol. The van der Waals surface area contributed by atoms with Crippen LogP contribution in [0.15, 0.2) is 24.3 Å². The lowest BCUT2D eigenvalue weighted by molar-refractivity contribution is -0.132. The normalized spacial score (nSPS) is 20.2. The van der Waals surface area contributed by atoms with Crippen LogP contribution < -0.4 is 10.6 Å². The Hall–Kier alpha value is -1.88. The number of hydrogen-bond donors (Lipinski definition) is 2. The van der Waals surface area contributed by atoms with Gasteiger partial charge in [0.15, 0.2) is 0 Å². The first-order valence-corrected chi connectivity index (χ1v) is 7.33. The van der Waals surface area contributed by atoms with Crippen molar-refractivity contribution in [2.24, 2.45) is 0 Å². The second kappa shape index (κ2) is 6.72. The Labute approximate surface area is 125 Å². The molecule has 0 bridgehead atoms. The summed E-state index contributed by atoms with van der Waals surface area (Å²) in [6.45, 7) is 4.35. The summed E-state index contributed by atoms with van der Waals surface area (Å²) in [5.41, 5.74) is 1.94. The summed E-state index contributed by atoms with van der Waals surface area (Å²) < 4.78 is 0. The Morgan fingerprint density at radius 3 is 2.86 bits per heavy atom. The number of piperidine rings is 1. The van der Waals surface area contributed by atoms with E-state index in [1.165, 1.54) is 6.92 Å². The van der Waals surface area contributed by atoms with E-state index in [-0.39, 0.29) is 17.9 Å². The fourth-order valence-electron chi connectivity index (χ4n) is 2.69. The molecule has 2 atom stereocenters. The molecule has 5 nitrogen and oxygen atoms in total. The smallest absolute Gasteiger partial charge is 0.222 e. The minimum atomic E-state index is -0.0693. The third kappa shape index (κ3) is 4.29. The maximum Gasteiger partial charge on any atom is 0.222 e. The van der Waals surface area contributed by atoms with Gasteiger partial charge in [0, 0.05) is 44.7 Å². The summed E-state index contributed by atoms with van der Waals surface area (Å²) >= 11 is 0. The topological polar surface area (TPSA) is 61.4 Å². The standard InChI is InChI=1S/C16H23N3O2/c1-11(17-15-7-8-16(21)19(3)10-15)13-5-4-6-14(9-13)18-12(2)20/h4-6,9,11,15,17H,7-8,10H2,1-3H3,(H,18,20). The molecule has 1 aromatic rings. The number of rotatable bonds is 4. The summed E-state index contributed by atoms with van der Waals surface area (Å²) in [5.74, 6) is 0.147. The fourth-order valence-corrected chi connectivity index (χ4v) is 2.69. The van der Waals surface area contributed by atoms with Gasteiger partial charge in [-0.2, -0.15) is 0 Å². The third-order valence-corrected chi connectivity index (χ3v) is 3.82. The number of nitrogens with zero attached hydrogens (tertiary/aromatic N) is 1. The van der Waals surface area contributed by atoms with E-state index in [4.69, 9.17) is 0 Å². The van der Waals surface area contributed by atoms with Gasteiger partial charge in [0.2, 0.25) is 11.8 Å². The van der Waals surface area contributed by atoms with Crippen LogP contribution >= 0.6 is 0 Å². The van der Waals surface area contributed by atoms with E-state index in [0.717, 1.165) is 24.2 Å². The molecule has 114 valence electrons. The van der Waals surface area contributed by atoms with Crippen molar-refractivity contribution in [2.45, 2.75) is 38.8 Å². The monoisotopic (exact) mass is 289 g/mol. The number of benzene rings is 1. The number of nitrogens with one attached hydrogen (secondary N) is 2. The molecule has 2 unspecified atom stereocenters. The van der Waals surface area contributed by atoms with Crippen LogP contribution in [0.3, 0.4) is 0 Å². The van der Waals surface area contributed by atoms with Crippen molar-refractivity contribution < 1.29 is 9.59 Å². The van der Waals surface area contributed by atoms with Gasteiger partial charge in [0.1, 0.15) is 0 Å². The zero-order chi connectivity index (χ0) is 15.4. The van der Waals surface area contributed by atoms with E-state index >= 15 is 0 Å². The lowest BCUT2D eigenvalue weighted by Gasteiger charge is -2.32. The quantitative estimate of drug-likeness (QED) is 0.890. The summed E-state index contributed by atoms with van der Waals surface area (Å²) in [5, 5.41) is 6.36. The highest BCUT2D eigenvalue weighted by Crippen LogP contribution is 2.20. The van der Waals surface area contributed by atoms with Gasteiger partial charge in [0.05, 0.1) is 0 Å². The first-order valence-electron chi connectivity index (χ1n) is 7.33. The molecule has 2 rings (SSSR count). The van der Waals surface area contributed by atoms with Gasteiger partial charge in [-0.15, -0.1) is 0 Å². The summed E-state index contributed by atoms with van der Waals surface area (Å²) in [6, 6.07) is 8.33. The molecule has 0 aliphatic carbocycles. The van der Waals surface area contributed by atoms with Crippen molar-refractivity contribution in [3.05, 3.63) is 29.8 Å². The maximum absolute atomic E-state index is 11.5. The van der Waals surface area contributed by atoms with E-state index in [1.54, 1.807) is 4.90 Å². The summed E-state index contributed by atoms with van der Waals surface area (Å²) in [7, 11) is 1.85. The van der Waals surface area contributed by atoms with Gasteiger partial charge >= 0.3 is 0 Å². The lowest BCUT2D eigenvalue weighted by Crippen LogP contribution is -2.47. The van der Waals surface area contributed by atoms with Crippen molar-refractivity contribution in [3.63, 3.8) is 0 Å². The molecule has 2 amide bonds. The minimum absolute atomic E-state index is 0.0693. The molecule has 1 aliphatic rings. The molecule has 5 heteroatoms. The molecule has 21 heavy (non-hydrogen) atoms. The molecule has 1 aromatic carbocycles.